The van der Waals surface area contributed by atoms with Gasteiger partial charge in [-0.05, 0) is 118 Å². The number of amides is 7. The highest BCUT2D eigenvalue weighted by Crippen LogP contribution is 2.39. The number of nitrogens with zero attached hydrogens (tertiary/aromatic N) is 3. The summed E-state index contributed by atoms with van der Waals surface area (Å²) in [5.41, 5.74) is -5.00. The fourth-order valence-electron chi connectivity index (χ4n) is 9.43. The molecule has 1 saturated carbocycles. The maximum Gasteiger partial charge on any atom is 0.410 e. The molecular weight excluding hydrogens is 1190 g/mol. The second-order valence-electron chi connectivity index (χ2n) is 24.7. The number of alkyl carbamates (subject to hydrolysis) is 4. The van der Waals surface area contributed by atoms with Gasteiger partial charge in [-0.1, -0.05) is 12.7 Å². The lowest BCUT2D eigenvalue weighted by Crippen LogP contribution is -2.71. The third-order valence-electron chi connectivity index (χ3n) is 13.5. The van der Waals surface area contributed by atoms with E-state index in [1.54, 1.807) is 62.3 Å². The Morgan fingerprint density at radius 1 is 0.778 bits per heavy atom. The summed E-state index contributed by atoms with van der Waals surface area (Å²) in [6.07, 6.45) is -14.6. The molecule has 1 aliphatic carbocycles. The summed E-state index contributed by atoms with van der Waals surface area (Å²) in [6, 6.07) is -0.922. The summed E-state index contributed by atoms with van der Waals surface area (Å²) >= 11 is 0. The number of nitrogens with one attached hydrogen (secondary N) is 6. The van der Waals surface area contributed by atoms with Crippen molar-refractivity contribution in [1.29, 1.82) is 0 Å². The highest BCUT2D eigenvalue weighted by Gasteiger charge is 2.57. The Bertz CT molecular complexity index is 2830. The van der Waals surface area contributed by atoms with E-state index in [-0.39, 0.29) is 29.1 Å². The van der Waals surface area contributed by atoms with Crippen LogP contribution < -0.4 is 31.9 Å². The number of allylic oxidation sites excluding steroid dienone is 3. The van der Waals surface area contributed by atoms with E-state index in [1.807, 2.05) is 0 Å². The molecule has 90 heavy (non-hydrogen) atoms. The third kappa shape index (κ3) is 23.3. The highest BCUT2D eigenvalue weighted by atomic mass is 16.7. The second-order valence-corrected chi connectivity index (χ2v) is 24.7. The number of likely N-dealkylation sites (N-methyl/N-ethyl adjacent to an activating group) is 1. The van der Waals surface area contributed by atoms with E-state index in [4.69, 9.17) is 37.9 Å². The van der Waals surface area contributed by atoms with E-state index in [0.29, 0.717) is 5.56 Å². The lowest BCUT2D eigenvalue weighted by atomic mass is 9.72. The zero-order valence-corrected chi connectivity index (χ0v) is 52.2. The van der Waals surface area contributed by atoms with E-state index >= 15 is 0 Å². The number of carbonyl (C=O) groups excluding carboxylic acids is 7. The number of benzene rings is 1. The van der Waals surface area contributed by atoms with Gasteiger partial charge in [0, 0.05) is 43.3 Å². The van der Waals surface area contributed by atoms with Crippen LogP contribution in [0.5, 0.6) is 0 Å². The van der Waals surface area contributed by atoms with Crippen LogP contribution in [0.25, 0.3) is 0 Å². The predicted molar refractivity (Wildman–Crippen MR) is 314 cm³/mol. The Kier molecular flexibility index (Phi) is 26.4. The SMILES string of the molecule is C=C/C(=C\C=C(/C)COC(=O)N[C@H]1C[C@@H](NC(=O)[C@@H](O)CNC(=O)OC(C)(C)C)[C@H](O[C@H]2OC[C@](C)(O)[C@H](N(C)C(=O)OC(C)(C)C)[C@H]2O)[C@@H](O)[C@@H]1C1OC(CNC(=O)C(O)CNC(=O)OC(C)(C)C)=CC[C@H]1NC(=O)OCc1ccc([N+](=O)[O-])cc1)[N+](=O)[O-]. The van der Waals surface area contributed by atoms with Crippen molar-refractivity contribution in [3.05, 3.63) is 98.0 Å². The van der Waals surface area contributed by atoms with Gasteiger partial charge in [-0.2, -0.15) is 0 Å². The summed E-state index contributed by atoms with van der Waals surface area (Å²) in [6.45, 7) is 17.0. The van der Waals surface area contributed by atoms with Crippen LogP contribution in [-0.4, -0.2) is 212 Å². The van der Waals surface area contributed by atoms with Crippen LogP contribution in [0.4, 0.5) is 29.7 Å². The molecule has 7 amide bonds. The second kappa shape index (κ2) is 32.0. The summed E-state index contributed by atoms with van der Waals surface area (Å²) in [5.74, 6) is -3.92. The van der Waals surface area contributed by atoms with Crippen molar-refractivity contribution in [2.24, 2.45) is 5.92 Å². The van der Waals surface area contributed by atoms with E-state index in [9.17, 15) is 79.3 Å². The molecular formula is C57H85N9O24. The van der Waals surface area contributed by atoms with Crippen molar-refractivity contribution >= 4 is 48.0 Å². The van der Waals surface area contributed by atoms with Crippen LogP contribution in [0.2, 0.25) is 0 Å². The Balaban J connectivity index is 1.87. The lowest BCUT2D eigenvalue weighted by molar-refractivity contribution is -0.418. The summed E-state index contributed by atoms with van der Waals surface area (Å²) < 4.78 is 45.8. The predicted octanol–water partition coefficient (Wildman–Crippen LogP) is 2.09. The van der Waals surface area contributed by atoms with E-state index < -0.39 is 193 Å². The first-order valence-corrected chi connectivity index (χ1v) is 28.5. The standard InChI is InChI=1S/C57H85N9O24/c1-14-32(65(79)80)18-15-30(2)27-83-52(76)63-36-23-37(61-47(72)39(68)26-60-50(74)89-55(6,7)8)44(87-48-42(70)45(57(12,78)29-85-48)64(13)53(77)90-56(9,10)11)41(69)40(36)43-35(62-51(75)84-28-31-16-19-33(20-17-31)66(81)82)22-21-34(86-43)24-58-46(71)38(67)25-59-49(73)88-54(3,4)5/h14-21,35-45,48,67-70,78H,1,22-29H2,2-13H3,(H,58,71)(H,59,73)(H,60,74)(H,61,72)(H,62,75)(H,63,76)/b30-15+,32-18+/t35-,36+,37-,38?,39+,40-,41+,42-,43?,44+,45-,48-,57+/m1/s1. The maximum absolute atomic E-state index is 14.1. The van der Waals surface area contributed by atoms with E-state index in [1.165, 1.54) is 57.3 Å². The van der Waals surface area contributed by atoms with Gasteiger partial charge in [0.2, 0.25) is 0 Å². The Morgan fingerprint density at radius 3 is 1.88 bits per heavy atom. The Morgan fingerprint density at radius 2 is 1.33 bits per heavy atom. The van der Waals surface area contributed by atoms with Gasteiger partial charge in [-0.15, -0.1) is 0 Å². The molecule has 0 bridgehead atoms. The van der Waals surface area contributed by atoms with Crippen LogP contribution in [0.15, 0.2) is 72.2 Å². The monoisotopic (exact) mass is 1280 g/mol. The molecule has 33 nitrogen and oxygen atoms in total. The van der Waals surface area contributed by atoms with Crippen LogP contribution in [0.1, 0.15) is 94.6 Å². The molecule has 1 aromatic carbocycles. The van der Waals surface area contributed by atoms with Crippen LogP contribution in [0.3, 0.4) is 0 Å². The number of nitro groups is 2. The number of hydrogen-bond donors (Lipinski definition) is 11. The molecule has 0 aromatic heterocycles. The largest absolute Gasteiger partial charge is 0.491 e. The molecule has 2 aliphatic heterocycles. The topological polar surface area (TPSA) is 456 Å². The highest BCUT2D eigenvalue weighted by molar-refractivity contribution is 5.82. The minimum Gasteiger partial charge on any atom is -0.491 e. The van der Waals surface area contributed by atoms with Gasteiger partial charge in [0.1, 0.15) is 71.9 Å². The molecule has 1 aromatic rings. The van der Waals surface area contributed by atoms with Gasteiger partial charge < -0.3 is 100 Å². The molecule has 2 unspecified atom stereocenters. The molecule has 33 heteroatoms. The fraction of sp³-hybridized carbons (Fsp3) is 0.632. The van der Waals surface area contributed by atoms with Gasteiger partial charge >= 0.3 is 30.5 Å². The van der Waals surface area contributed by atoms with Gasteiger partial charge in [0.15, 0.2) is 6.29 Å². The Labute approximate surface area is 519 Å². The number of carbonyl (C=O) groups is 7. The maximum atomic E-state index is 14.1. The number of aliphatic hydroxyl groups is 5. The van der Waals surface area contributed by atoms with E-state index in [0.717, 1.165) is 17.1 Å². The van der Waals surface area contributed by atoms with Crippen molar-refractivity contribution in [3.8, 4) is 0 Å². The Hall–Kier alpha value is -8.21. The van der Waals surface area contributed by atoms with Gasteiger partial charge in [0.05, 0.1) is 60.3 Å². The summed E-state index contributed by atoms with van der Waals surface area (Å²) in [7, 11) is 1.23. The first-order valence-electron chi connectivity index (χ1n) is 28.5. The fourth-order valence-corrected chi connectivity index (χ4v) is 9.43. The minimum absolute atomic E-state index is 0.0799. The normalized spacial score (nSPS) is 25.4. The van der Waals surface area contributed by atoms with Crippen LogP contribution in [0, 0.1) is 26.1 Å². The quantitative estimate of drug-likeness (QED) is 0.0323. The summed E-state index contributed by atoms with van der Waals surface area (Å²) in [5, 5.41) is 96.4. The van der Waals surface area contributed by atoms with Crippen molar-refractivity contribution in [2.45, 2.75) is 185 Å². The lowest BCUT2D eigenvalue weighted by Gasteiger charge is -2.52. The van der Waals surface area contributed by atoms with Crippen molar-refractivity contribution in [2.75, 3.05) is 39.9 Å². The van der Waals surface area contributed by atoms with E-state index in [2.05, 4.69) is 38.5 Å². The molecule has 502 valence electrons. The smallest absolute Gasteiger partial charge is 0.410 e. The molecule has 1 saturated heterocycles. The first-order chi connectivity index (χ1) is 41.7. The minimum atomic E-state index is -2.11. The first kappa shape index (κ1) is 74.3. The molecule has 13 atom stereocenters. The molecule has 0 radical (unpaired) electrons. The molecule has 4 rings (SSSR count). The van der Waals surface area contributed by atoms with Gasteiger partial charge in [0.25, 0.3) is 23.2 Å². The number of ether oxygens (including phenoxy) is 8. The summed E-state index contributed by atoms with van der Waals surface area (Å²) in [4.78, 5) is 116. The zero-order valence-electron chi connectivity index (χ0n) is 52.2. The van der Waals surface area contributed by atoms with Crippen molar-refractivity contribution < 1.29 is 107 Å². The molecule has 0 spiro atoms. The molecule has 2 heterocycles. The van der Waals surface area contributed by atoms with Crippen LogP contribution in [-0.2, 0) is 54.1 Å². The average molecular weight is 1280 g/mol. The number of hydrogen-bond acceptors (Lipinski definition) is 24. The average Bonchev–Trinajstić information content (AvgIpc) is 0.878. The molecule has 2 fully saturated rings. The number of non-ortho nitro benzene ring substituents is 1. The number of rotatable bonds is 23. The number of aliphatic hydroxyl groups excluding tert-OH is 4. The van der Waals surface area contributed by atoms with Crippen molar-refractivity contribution in [3.63, 3.8) is 0 Å². The third-order valence-corrected chi connectivity index (χ3v) is 13.5. The molecule has 3 aliphatic rings. The number of nitro benzene ring substituents is 1. The van der Waals surface area contributed by atoms with Gasteiger partial charge in [-0.3, -0.25) is 29.8 Å². The van der Waals surface area contributed by atoms with Gasteiger partial charge in [-0.25, -0.2) is 24.0 Å². The van der Waals surface area contributed by atoms with Crippen LogP contribution >= 0.6 is 0 Å². The van der Waals surface area contributed by atoms with Crippen molar-refractivity contribution in [1.82, 2.24) is 36.8 Å². The molecule has 11 N–H and O–H groups in total. The zero-order chi connectivity index (χ0) is 67.8.